The van der Waals surface area contributed by atoms with Crippen molar-refractivity contribution in [1.29, 1.82) is 0 Å². The highest BCUT2D eigenvalue weighted by molar-refractivity contribution is 5.80. The minimum absolute atomic E-state index is 0.471. The molecule has 0 saturated carbocycles. The molecule has 2 aromatic carbocycles. The van der Waals surface area contributed by atoms with Gasteiger partial charge in [0.05, 0.1) is 18.8 Å². The first-order valence-corrected chi connectivity index (χ1v) is 11.1. The first-order valence-electron chi connectivity index (χ1n) is 11.6. The minimum atomic E-state index is -1.50. The quantitative estimate of drug-likeness (QED) is 0.835. The van der Waals surface area contributed by atoms with E-state index in [1.165, 1.54) is 23.4 Å². The van der Waals surface area contributed by atoms with Crippen molar-refractivity contribution in [2.45, 2.75) is 44.2 Å². The van der Waals surface area contributed by atoms with Gasteiger partial charge in [0.25, 0.3) is 0 Å². The number of aliphatic hydroxyl groups is 1. The topological polar surface area (TPSA) is 30.0 Å². The second kappa shape index (κ2) is 7.66. The summed E-state index contributed by atoms with van der Waals surface area (Å²) in [6.07, 6.45) is 1.01. The number of hydrogen-bond acceptors (Lipinski definition) is 4. The molecule has 1 fully saturated rings. The van der Waals surface area contributed by atoms with Crippen molar-refractivity contribution in [3.05, 3.63) is 59.2 Å². The molecule has 0 aromatic heterocycles. The van der Waals surface area contributed by atoms with E-state index in [0.29, 0.717) is 23.9 Å². The molecular weight excluding hydrogens is 358 g/mol. The molecule has 1 unspecified atom stereocenters. The predicted molar refractivity (Wildman–Crippen MR) is 120 cm³/mol. The molecule has 3 atom stereocenters. The van der Waals surface area contributed by atoms with Crippen LogP contribution >= 0.6 is 0 Å². The molecule has 0 bridgehead atoms. The molecule has 0 radical (unpaired) electrons. The zero-order valence-corrected chi connectivity index (χ0v) is 17.6. The van der Waals surface area contributed by atoms with Crippen LogP contribution in [0.3, 0.4) is 0 Å². The fourth-order valence-corrected chi connectivity index (χ4v) is 5.54. The number of likely N-dealkylation sites (tertiary alicyclic amines) is 1. The highest BCUT2D eigenvalue weighted by Gasteiger charge is 2.44. The zero-order valence-electron chi connectivity index (χ0n) is 18.6. The van der Waals surface area contributed by atoms with Crippen molar-refractivity contribution >= 4 is 11.4 Å². The summed E-state index contributed by atoms with van der Waals surface area (Å²) in [7, 11) is 2.21. The number of para-hydroxylation sites is 1. The number of fused-ring (bicyclic) bond motifs is 3. The van der Waals surface area contributed by atoms with Gasteiger partial charge in [-0.25, -0.2) is 0 Å². The maximum atomic E-state index is 10.7. The molecule has 4 heteroatoms. The van der Waals surface area contributed by atoms with Crippen molar-refractivity contribution in [3.8, 4) is 0 Å². The molecular formula is C25H33N3O. The predicted octanol–water partition coefficient (Wildman–Crippen LogP) is 3.94. The second-order valence-electron chi connectivity index (χ2n) is 9.01. The molecule has 29 heavy (non-hydrogen) atoms. The Morgan fingerprint density at radius 2 is 1.97 bits per heavy atom. The SMILES string of the molecule is [2H]C(O)(CCCN1CC[C@H]2[C@@H](C1)c1cccc3c1N2CCN3C)c1ccc(C)cc1. The lowest BCUT2D eigenvalue weighted by Gasteiger charge is -2.41. The van der Waals surface area contributed by atoms with Crippen LogP contribution in [0.5, 0.6) is 0 Å². The van der Waals surface area contributed by atoms with Crippen LogP contribution in [0, 0.1) is 6.92 Å². The molecule has 1 N–H and O–H groups in total. The van der Waals surface area contributed by atoms with Crippen LogP contribution in [0.4, 0.5) is 11.4 Å². The Labute approximate surface area is 176 Å². The Balaban J connectivity index is 1.23. The van der Waals surface area contributed by atoms with Crippen LogP contribution in [0.1, 0.15) is 49.3 Å². The van der Waals surface area contributed by atoms with Crippen LogP contribution in [0.15, 0.2) is 42.5 Å². The van der Waals surface area contributed by atoms with Crippen molar-refractivity contribution in [3.63, 3.8) is 0 Å². The van der Waals surface area contributed by atoms with E-state index in [4.69, 9.17) is 1.37 Å². The molecule has 1 saturated heterocycles. The summed E-state index contributed by atoms with van der Waals surface area (Å²) in [5.74, 6) is 0.576. The second-order valence-corrected chi connectivity index (χ2v) is 9.01. The maximum absolute atomic E-state index is 10.7. The molecule has 5 rings (SSSR count). The van der Waals surface area contributed by atoms with E-state index in [-0.39, 0.29) is 0 Å². The third kappa shape index (κ3) is 3.43. The third-order valence-corrected chi connectivity index (χ3v) is 7.15. The summed E-state index contributed by atoms with van der Waals surface area (Å²) in [5.41, 5.74) is 6.23. The van der Waals surface area contributed by atoms with Gasteiger partial charge in [-0.3, -0.25) is 0 Å². The summed E-state index contributed by atoms with van der Waals surface area (Å²) >= 11 is 0. The summed E-state index contributed by atoms with van der Waals surface area (Å²) < 4.78 is 8.40. The standard InChI is InChI=1S/C25H33N3O/c1-18-8-10-19(11-9-18)24(29)7-4-13-27-14-12-22-21(17-27)20-5-3-6-23-25(20)28(22)16-15-26(23)2/h3,5-6,8-11,21-22,24,29H,4,7,12-17H2,1-2H3/t21-,22-,24?/m0/s1/i24D. The lowest BCUT2D eigenvalue weighted by molar-refractivity contribution is 0.144. The maximum Gasteiger partial charge on any atom is 0.0790 e. The van der Waals surface area contributed by atoms with Gasteiger partial charge in [0.2, 0.25) is 0 Å². The number of aryl methyl sites for hydroxylation is 1. The van der Waals surface area contributed by atoms with E-state index >= 15 is 0 Å². The summed E-state index contributed by atoms with van der Waals surface area (Å²) in [4.78, 5) is 7.62. The van der Waals surface area contributed by atoms with E-state index in [1.807, 2.05) is 31.2 Å². The normalized spacial score (nSPS) is 26.0. The Morgan fingerprint density at radius 3 is 2.79 bits per heavy atom. The molecule has 4 nitrogen and oxygen atoms in total. The number of hydrogen-bond donors (Lipinski definition) is 1. The minimum Gasteiger partial charge on any atom is -0.388 e. The van der Waals surface area contributed by atoms with Gasteiger partial charge in [-0.2, -0.15) is 0 Å². The number of anilines is 2. The van der Waals surface area contributed by atoms with E-state index in [2.05, 4.69) is 39.9 Å². The number of piperidine rings is 1. The van der Waals surface area contributed by atoms with Crippen LogP contribution < -0.4 is 9.80 Å². The Kier molecular flexibility index (Phi) is 4.70. The van der Waals surface area contributed by atoms with Gasteiger partial charge in [-0.05, 0) is 49.9 Å². The smallest absolute Gasteiger partial charge is 0.0790 e. The fraction of sp³-hybridized carbons (Fsp3) is 0.520. The van der Waals surface area contributed by atoms with Crippen LogP contribution in [-0.2, 0) is 0 Å². The van der Waals surface area contributed by atoms with Gasteiger partial charge >= 0.3 is 0 Å². The average molecular weight is 393 g/mol. The van der Waals surface area contributed by atoms with E-state index < -0.39 is 6.08 Å². The first-order chi connectivity index (χ1) is 14.4. The third-order valence-electron chi connectivity index (χ3n) is 7.15. The van der Waals surface area contributed by atoms with Gasteiger partial charge in [-0.15, -0.1) is 0 Å². The van der Waals surface area contributed by atoms with Crippen molar-refractivity contribution in [2.75, 3.05) is 49.6 Å². The zero-order chi connectivity index (χ0) is 20.9. The van der Waals surface area contributed by atoms with E-state index in [0.717, 1.165) is 44.7 Å². The van der Waals surface area contributed by atoms with Gasteiger partial charge in [0.1, 0.15) is 0 Å². The van der Waals surface area contributed by atoms with Gasteiger partial charge in [-0.1, -0.05) is 42.0 Å². The highest BCUT2D eigenvalue weighted by atomic mass is 16.3. The van der Waals surface area contributed by atoms with Gasteiger partial charge in [0, 0.05) is 45.2 Å². The molecule has 0 spiro atoms. The van der Waals surface area contributed by atoms with E-state index in [9.17, 15) is 5.11 Å². The highest BCUT2D eigenvalue weighted by Crippen LogP contribution is 2.50. The van der Waals surface area contributed by atoms with Gasteiger partial charge in [0.15, 0.2) is 0 Å². The molecule has 2 aromatic rings. The molecule has 3 aliphatic rings. The van der Waals surface area contributed by atoms with Gasteiger partial charge < -0.3 is 19.8 Å². The Hall–Kier alpha value is -2.04. The largest absolute Gasteiger partial charge is 0.388 e. The number of likely N-dealkylation sites (N-methyl/N-ethyl adjacent to an activating group) is 1. The van der Waals surface area contributed by atoms with Crippen LogP contribution in [0.25, 0.3) is 0 Å². The van der Waals surface area contributed by atoms with E-state index in [1.54, 1.807) is 0 Å². The monoisotopic (exact) mass is 392 g/mol. The van der Waals surface area contributed by atoms with Crippen LogP contribution in [0.2, 0.25) is 0 Å². The lowest BCUT2D eigenvalue weighted by Crippen LogP contribution is -2.49. The first kappa shape index (κ1) is 17.8. The molecule has 3 aliphatic heterocycles. The summed E-state index contributed by atoms with van der Waals surface area (Å²) in [5, 5.41) is 10.7. The molecule has 0 aliphatic carbocycles. The lowest BCUT2D eigenvalue weighted by atomic mass is 9.89. The average Bonchev–Trinajstić information content (AvgIpc) is 3.05. The van der Waals surface area contributed by atoms with Crippen LogP contribution in [-0.4, -0.2) is 55.8 Å². The number of rotatable bonds is 5. The van der Waals surface area contributed by atoms with Crippen molar-refractivity contribution in [2.24, 2.45) is 0 Å². The Bertz CT molecular complexity index is 913. The summed E-state index contributed by atoms with van der Waals surface area (Å²) in [6.45, 7) is 7.40. The van der Waals surface area contributed by atoms with Crippen molar-refractivity contribution < 1.29 is 6.48 Å². The number of benzene rings is 2. The summed E-state index contributed by atoms with van der Waals surface area (Å²) in [6, 6.07) is 15.2. The molecule has 154 valence electrons. The fourth-order valence-electron chi connectivity index (χ4n) is 5.54. The Morgan fingerprint density at radius 1 is 1.14 bits per heavy atom. The van der Waals surface area contributed by atoms with Crippen molar-refractivity contribution in [1.82, 2.24) is 4.90 Å². The molecule has 0 amide bonds. The molecule has 3 heterocycles. The number of nitrogens with zero attached hydrogens (tertiary/aromatic N) is 3.